The Balaban J connectivity index is 2.00. The third-order valence-electron chi connectivity index (χ3n) is 4.38. The molecule has 0 radical (unpaired) electrons. The van der Waals surface area contributed by atoms with Crippen molar-refractivity contribution in [1.82, 2.24) is 9.55 Å². The zero-order chi connectivity index (χ0) is 20.8. The Morgan fingerprint density at radius 1 is 1.07 bits per heavy atom. The molecular formula is C22H23N3O4. The first-order chi connectivity index (χ1) is 14.0. The largest absolute Gasteiger partial charge is 0.508 e. The van der Waals surface area contributed by atoms with Crippen molar-refractivity contribution in [3.8, 4) is 5.75 Å². The topological polar surface area (TPSA) is 93.4 Å². The maximum Gasteiger partial charge on any atom is 0.358 e. The number of nitrogens with one attached hydrogen (secondary N) is 1. The fraction of sp³-hybridized carbons (Fsp3) is 0.227. The number of hydrogen-bond acceptors (Lipinski definition) is 5. The second-order valence-electron chi connectivity index (χ2n) is 6.37. The first-order valence-electron chi connectivity index (χ1n) is 9.44. The Morgan fingerprint density at radius 2 is 1.76 bits per heavy atom. The predicted octanol–water partition coefficient (Wildman–Crippen LogP) is 3.63. The number of esters is 1. The van der Waals surface area contributed by atoms with Crippen molar-refractivity contribution in [1.29, 1.82) is 0 Å². The summed E-state index contributed by atoms with van der Waals surface area (Å²) in [7, 11) is 0. The monoisotopic (exact) mass is 393 g/mol. The maximum atomic E-state index is 12.7. The number of benzene rings is 2. The number of imidazole rings is 1. The number of nitrogens with zero attached hydrogens (tertiary/aromatic N) is 2. The Morgan fingerprint density at radius 3 is 2.38 bits per heavy atom. The Labute approximate surface area is 169 Å². The van der Waals surface area contributed by atoms with Crippen LogP contribution in [-0.4, -0.2) is 33.1 Å². The van der Waals surface area contributed by atoms with Crippen molar-refractivity contribution in [2.45, 2.75) is 26.8 Å². The summed E-state index contributed by atoms with van der Waals surface area (Å²) in [5.41, 5.74) is 1.55. The summed E-state index contributed by atoms with van der Waals surface area (Å²) in [5, 5.41) is 12.1. The van der Waals surface area contributed by atoms with Crippen molar-refractivity contribution < 1.29 is 19.4 Å². The summed E-state index contributed by atoms with van der Waals surface area (Å²) in [4.78, 5) is 29.8. The van der Waals surface area contributed by atoms with E-state index in [0.29, 0.717) is 24.4 Å². The Hall–Kier alpha value is -3.61. The second kappa shape index (κ2) is 9.05. The zero-order valence-electron chi connectivity index (χ0n) is 16.4. The first kappa shape index (κ1) is 20.1. The fourth-order valence-electron chi connectivity index (χ4n) is 2.99. The summed E-state index contributed by atoms with van der Waals surface area (Å²) in [6.07, 6.45) is 0.578. The third-order valence-corrected chi connectivity index (χ3v) is 4.38. The van der Waals surface area contributed by atoms with Gasteiger partial charge in [-0.3, -0.25) is 4.79 Å². The van der Waals surface area contributed by atoms with Crippen molar-refractivity contribution in [2.24, 2.45) is 0 Å². The van der Waals surface area contributed by atoms with E-state index in [1.54, 1.807) is 11.5 Å². The van der Waals surface area contributed by atoms with Crippen LogP contribution in [0.2, 0.25) is 0 Å². The molecule has 0 aliphatic rings. The molecule has 3 rings (SSSR count). The van der Waals surface area contributed by atoms with Crippen LogP contribution in [0.1, 0.15) is 46.1 Å². The standard InChI is InChI=1S/C22H23N3O4/c1-3-18-23-20(24-21(27)16-10-12-17(26)13-11-16)19(22(28)29-4-2)25(18)14-15-8-6-5-7-9-15/h5-13,26H,3-4,14H2,1-2H3,(H,24,27). The maximum absolute atomic E-state index is 12.7. The van der Waals surface area contributed by atoms with Crippen LogP contribution in [0.25, 0.3) is 0 Å². The second-order valence-corrected chi connectivity index (χ2v) is 6.37. The third kappa shape index (κ3) is 4.63. The number of amides is 1. The summed E-state index contributed by atoms with van der Waals surface area (Å²) in [5.74, 6) is -0.0828. The average Bonchev–Trinajstić information content (AvgIpc) is 3.06. The summed E-state index contributed by atoms with van der Waals surface area (Å²) >= 11 is 0. The summed E-state index contributed by atoms with van der Waals surface area (Å²) in [6.45, 7) is 4.30. The van der Waals surface area contributed by atoms with Gasteiger partial charge in [-0.15, -0.1) is 0 Å². The van der Waals surface area contributed by atoms with Gasteiger partial charge in [0.2, 0.25) is 0 Å². The van der Waals surface area contributed by atoms with Gasteiger partial charge in [0.15, 0.2) is 11.5 Å². The molecule has 2 N–H and O–H groups in total. The predicted molar refractivity (Wildman–Crippen MR) is 109 cm³/mol. The normalized spacial score (nSPS) is 10.6. The van der Waals surface area contributed by atoms with Gasteiger partial charge in [0.1, 0.15) is 11.6 Å². The fourth-order valence-corrected chi connectivity index (χ4v) is 2.99. The van der Waals surface area contributed by atoms with Crippen LogP contribution in [0.3, 0.4) is 0 Å². The van der Waals surface area contributed by atoms with Gasteiger partial charge in [-0.05, 0) is 36.8 Å². The molecular weight excluding hydrogens is 370 g/mol. The number of phenols is 1. The molecule has 1 heterocycles. The molecule has 150 valence electrons. The van der Waals surface area contributed by atoms with E-state index >= 15 is 0 Å². The SMILES string of the molecule is CCOC(=O)c1c(NC(=O)c2ccc(O)cc2)nc(CC)n1Cc1ccccc1. The van der Waals surface area contributed by atoms with Crippen LogP contribution in [-0.2, 0) is 17.7 Å². The van der Waals surface area contributed by atoms with Crippen molar-refractivity contribution in [2.75, 3.05) is 11.9 Å². The van der Waals surface area contributed by atoms with Crippen LogP contribution >= 0.6 is 0 Å². The number of hydrogen-bond donors (Lipinski definition) is 2. The molecule has 0 saturated heterocycles. The summed E-state index contributed by atoms with van der Waals surface area (Å²) < 4.78 is 7.00. The van der Waals surface area contributed by atoms with E-state index in [2.05, 4.69) is 10.3 Å². The minimum atomic E-state index is -0.545. The molecule has 3 aromatic rings. The molecule has 1 amide bonds. The molecule has 1 aromatic heterocycles. The zero-order valence-corrected chi connectivity index (χ0v) is 16.4. The lowest BCUT2D eigenvalue weighted by molar-refractivity contribution is 0.0515. The number of phenolic OH excluding ortho intramolecular Hbond substituents is 1. The van der Waals surface area contributed by atoms with Gasteiger partial charge in [-0.1, -0.05) is 37.3 Å². The Kier molecular flexibility index (Phi) is 6.29. The molecule has 0 saturated carbocycles. The molecule has 7 nitrogen and oxygen atoms in total. The molecule has 0 aliphatic heterocycles. The quantitative estimate of drug-likeness (QED) is 0.598. The first-order valence-corrected chi connectivity index (χ1v) is 9.44. The molecule has 0 aliphatic carbocycles. The van der Waals surface area contributed by atoms with Crippen LogP contribution in [0.15, 0.2) is 54.6 Å². The molecule has 0 atom stereocenters. The average molecular weight is 393 g/mol. The number of aromatic nitrogens is 2. The van der Waals surface area contributed by atoms with Crippen LogP contribution in [0.5, 0.6) is 5.75 Å². The van der Waals surface area contributed by atoms with E-state index in [-0.39, 0.29) is 23.9 Å². The lowest BCUT2D eigenvalue weighted by Gasteiger charge is -2.12. The van der Waals surface area contributed by atoms with Gasteiger partial charge in [-0.2, -0.15) is 0 Å². The highest BCUT2D eigenvalue weighted by Gasteiger charge is 2.25. The van der Waals surface area contributed by atoms with E-state index in [1.807, 2.05) is 37.3 Å². The van der Waals surface area contributed by atoms with E-state index in [0.717, 1.165) is 5.56 Å². The van der Waals surface area contributed by atoms with Gasteiger partial charge >= 0.3 is 5.97 Å². The highest BCUT2D eigenvalue weighted by atomic mass is 16.5. The van der Waals surface area contributed by atoms with Gasteiger partial charge < -0.3 is 19.7 Å². The van der Waals surface area contributed by atoms with E-state index in [4.69, 9.17) is 4.74 Å². The number of anilines is 1. The lowest BCUT2D eigenvalue weighted by atomic mass is 10.2. The Bertz CT molecular complexity index is 995. The van der Waals surface area contributed by atoms with Crippen LogP contribution in [0.4, 0.5) is 5.82 Å². The molecule has 0 bridgehead atoms. The molecule has 0 fully saturated rings. The van der Waals surface area contributed by atoms with Crippen molar-refractivity contribution in [3.63, 3.8) is 0 Å². The number of ether oxygens (including phenoxy) is 1. The highest BCUT2D eigenvalue weighted by Crippen LogP contribution is 2.22. The minimum Gasteiger partial charge on any atom is -0.508 e. The van der Waals surface area contributed by atoms with E-state index in [1.165, 1.54) is 24.3 Å². The molecule has 2 aromatic carbocycles. The number of aryl methyl sites for hydroxylation is 1. The van der Waals surface area contributed by atoms with E-state index < -0.39 is 11.9 Å². The van der Waals surface area contributed by atoms with Gasteiger partial charge in [0, 0.05) is 18.5 Å². The molecule has 0 unspecified atom stereocenters. The molecule has 7 heteroatoms. The lowest BCUT2D eigenvalue weighted by Crippen LogP contribution is -2.19. The van der Waals surface area contributed by atoms with Crippen molar-refractivity contribution in [3.05, 3.63) is 77.2 Å². The number of rotatable bonds is 7. The van der Waals surface area contributed by atoms with Gasteiger partial charge in [0.25, 0.3) is 5.91 Å². The van der Waals surface area contributed by atoms with E-state index in [9.17, 15) is 14.7 Å². The number of carbonyl (C=O) groups is 2. The smallest absolute Gasteiger partial charge is 0.358 e. The van der Waals surface area contributed by atoms with Gasteiger partial charge in [-0.25, -0.2) is 9.78 Å². The number of carbonyl (C=O) groups excluding carboxylic acids is 2. The van der Waals surface area contributed by atoms with Crippen LogP contribution < -0.4 is 5.32 Å². The minimum absolute atomic E-state index is 0.0640. The summed E-state index contributed by atoms with van der Waals surface area (Å²) in [6, 6.07) is 15.5. The highest BCUT2D eigenvalue weighted by molar-refractivity contribution is 6.06. The van der Waals surface area contributed by atoms with Crippen molar-refractivity contribution >= 4 is 17.7 Å². The van der Waals surface area contributed by atoms with Gasteiger partial charge in [0.05, 0.1) is 6.61 Å². The molecule has 29 heavy (non-hydrogen) atoms. The number of aromatic hydroxyl groups is 1. The molecule has 0 spiro atoms. The van der Waals surface area contributed by atoms with Crippen LogP contribution in [0, 0.1) is 0 Å².